The van der Waals surface area contributed by atoms with E-state index in [-0.39, 0.29) is 5.78 Å². The van der Waals surface area contributed by atoms with Crippen LogP contribution in [-0.4, -0.2) is 19.5 Å². The van der Waals surface area contributed by atoms with Gasteiger partial charge < -0.3 is 9.47 Å². The molecule has 0 atom stereocenters. The molecule has 3 nitrogen and oxygen atoms in total. The number of ether oxygens (including phenoxy) is 2. The van der Waals surface area contributed by atoms with E-state index in [2.05, 4.69) is 0 Å². The smallest absolute Gasteiger partial charge is 0.165 e. The van der Waals surface area contributed by atoms with E-state index in [0.717, 1.165) is 23.3 Å². The minimum Gasteiger partial charge on any atom is -0.493 e. The summed E-state index contributed by atoms with van der Waals surface area (Å²) in [5.41, 5.74) is 1.77. The van der Waals surface area contributed by atoms with Crippen LogP contribution in [0.5, 0.6) is 11.5 Å². The molecular weight excluding hydrogens is 228 g/mol. The lowest BCUT2D eigenvalue weighted by Gasteiger charge is -2.11. The summed E-state index contributed by atoms with van der Waals surface area (Å²) < 4.78 is 10.7. The molecule has 86 valence electrons. The van der Waals surface area contributed by atoms with Gasteiger partial charge in [0.25, 0.3) is 0 Å². The Morgan fingerprint density at radius 2 is 2.38 bits per heavy atom. The average molecular weight is 241 g/mol. The SMILES string of the molecule is COc1cc(CC(C)=O)c(Cl)c2c1OCC2. The van der Waals surface area contributed by atoms with Crippen molar-refractivity contribution < 1.29 is 14.3 Å². The molecule has 0 bridgehead atoms. The molecule has 0 amide bonds. The second-order valence-electron chi connectivity index (χ2n) is 3.84. The van der Waals surface area contributed by atoms with Crippen LogP contribution in [0, 0.1) is 0 Å². The second-order valence-corrected chi connectivity index (χ2v) is 4.21. The summed E-state index contributed by atoms with van der Waals surface area (Å²) in [6.45, 7) is 2.17. The van der Waals surface area contributed by atoms with Crippen molar-refractivity contribution in [3.8, 4) is 11.5 Å². The summed E-state index contributed by atoms with van der Waals surface area (Å²) in [5, 5.41) is 0.642. The maximum atomic E-state index is 11.1. The van der Waals surface area contributed by atoms with Gasteiger partial charge >= 0.3 is 0 Å². The fourth-order valence-corrected chi connectivity index (χ4v) is 2.22. The summed E-state index contributed by atoms with van der Waals surface area (Å²) in [6, 6.07) is 1.79. The fraction of sp³-hybridized carbons (Fsp3) is 0.417. The molecule has 0 saturated carbocycles. The van der Waals surface area contributed by atoms with Crippen molar-refractivity contribution in [3.05, 3.63) is 22.2 Å². The maximum Gasteiger partial charge on any atom is 0.165 e. The van der Waals surface area contributed by atoms with Crippen molar-refractivity contribution in [1.82, 2.24) is 0 Å². The molecule has 1 aliphatic rings. The number of hydrogen-bond acceptors (Lipinski definition) is 3. The maximum absolute atomic E-state index is 11.1. The molecule has 1 heterocycles. The Hall–Kier alpha value is -1.22. The Bertz CT molecular complexity index is 440. The van der Waals surface area contributed by atoms with Crippen LogP contribution < -0.4 is 9.47 Å². The van der Waals surface area contributed by atoms with E-state index in [1.54, 1.807) is 20.1 Å². The highest BCUT2D eigenvalue weighted by atomic mass is 35.5. The monoisotopic (exact) mass is 240 g/mol. The van der Waals surface area contributed by atoms with Gasteiger partial charge in [-0.2, -0.15) is 0 Å². The molecular formula is C12H13ClO3. The van der Waals surface area contributed by atoms with E-state index in [1.807, 2.05) is 0 Å². The normalized spacial score (nSPS) is 13.2. The number of hydrogen-bond donors (Lipinski definition) is 0. The van der Waals surface area contributed by atoms with Gasteiger partial charge in [0.15, 0.2) is 11.5 Å². The van der Waals surface area contributed by atoms with Crippen LogP contribution in [0.15, 0.2) is 6.07 Å². The number of rotatable bonds is 3. The standard InChI is InChI=1S/C12H13ClO3/c1-7(14)5-8-6-10(15-2)12-9(11(8)13)3-4-16-12/h6H,3-5H2,1-2H3. The summed E-state index contributed by atoms with van der Waals surface area (Å²) in [5.74, 6) is 1.47. The molecule has 1 aromatic rings. The van der Waals surface area contributed by atoms with E-state index in [1.165, 1.54) is 0 Å². The van der Waals surface area contributed by atoms with E-state index < -0.39 is 0 Å². The van der Waals surface area contributed by atoms with Crippen LogP contribution in [-0.2, 0) is 17.6 Å². The van der Waals surface area contributed by atoms with Crippen molar-refractivity contribution in [3.63, 3.8) is 0 Å². The van der Waals surface area contributed by atoms with Gasteiger partial charge in [0.2, 0.25) is 0 Å². The number of Topliss-reactive ketones (excluding diaryl/α,β-unsaturated/α-hetero) is 1. The highest BCUT2D eigenvalue weighted by molar-refractivity contribution is 6.32. The molecule has 0 N–H and O–H groups in total. The first-order chi connectivity index (χ1) is 7.63. The Morgan fingerprint density at radius 1 is 1.62 bits per heavy atom. The topological polar surface area (TPSA) is 35.5 Å². The van der Waals surface area contributed by atoms with E-state index >= 15 is 0 Å². The molecule has 0 spiro atoms. The van der Waals surface area contributed by atoms with E-state index in [9.17, 15) is 4.79 Å². The summed E-state index contributed by atoms with van der Waals surface area (Å²) >= 11 is 6.24. The van der Waals surface area contributed by atoms with Gasteiger partial charge in [-0.1, -0.05) is 11.6 Å². The van der Waals surface area contributed by atoms with E-state index in [4.69, 9.17) is 21.1 Å². The highest BCUT2D eigenvalue weighted by Gasteiger charge is 2.23. The third kappa shape index (κ3) is 1.87. The van der Waals surface area contributed by atoms with Crippen molar-refractivity contribution in [2.45, 2.75) is 19.8 Å². The Morgan fingerprint density at radius 3 is 3.00 bits per heavy atom. The van der Waals surface area contributed by atoms with Crippen LogP contribution in [0.4, 0.5) is 0 Å². The Balaban J connectivity index is 2.51. The minimum atomic E-state index is 0.0859. The Kier molecular flexibility index (Phi) is 3.06. The molecule has 0 saturated heterocycles. The van der Waals surface area contributed by atoms with Gasteiger partial charge in [-0.3, -0.25) is 4.79 Å². The van der Waals surface area contributed by atoms with Crippen molar-refractivity contribution in [2.75, 3.05) is 13.7 Å². The fourth-order valence-electron chi connectivity index (χ4n) is 1.91. The lowest BCUT2D eigenvalue weighted by molar-refractivity contribution is -0.116. The largest absolute Gasteiger partial charge is 0.493 e. The zero-order chi connectivity index (χ0) is 11.7. The van der Waals surface area contributed by atoms with Gasteiger partial charge in [-0.05, 0) is 18.6 Å². The predicted octanol–water partition coefficient (Wildman–Crippen LogP) is 2.42. The molecule has 1 aromatic carbocycles. The van der Waals surface area contributed by atoms with Gasteiger partial charge in [-0.15, -0.1) is 0 Å². The van der Waals surface area contributed by atoms with Crippen LogP contribution >= 0.6 is 11.6 Å². The first-order valence-electron chi connectivity index (χ1n) is 5.14. The molecule has 0 unspecified atom stereocenters. The van der Waals surface area contributed by atoms with Crippen LogP contribution in [0.3, 0.4) is 0 Å². The number of methoxy groups -OCH3 is 1. The molecule has 4 heteroatoms. The third-order valence-corrected chi connectivity index (χ3v) is 3.08. The van der Waals surface area contributed by atoms with Crippen LogP contribution in [0.1, 0.15) is 18.1 Å². The zero-order valence-corrected chi connectivity index (χ0v) is 10.1. The third-order valence-electron chi connectivity index (χ3n) is 2.61. The van der Waals surface area contributed by atoms with Gasteiger partial charge in [0.1, 0.15) is 5.78 Å². The predicted molar refractivity (Wildman–Crippen MR) is 61.6 cm³/mol. The first-order valence-corrected chi connectivity index (χ1v) is 5.51. The number of carbonyl (C=O) groups excluding carboxylic acids is 1. The number of halogens is 1. The number of fused-ring (bicyclic) bond motifs is 1. The van der Waals surface area contributed by atoms with Crippen molar-refractivity contribution in [2.24, 2.45) is 0 Å². The molecule has 0 aliphatic carbocycles. The number of carbonyl (C=O) groups is 1. The second kappa shape index (κ2) is 4.34. The molecule has 2 rings (SSSR count). The van der Waals surface area contributed by atoms with Crippen molar-refractivity contribution in [1.29, 1.82) is 0 Å². The zero-order valence-electron chi connectivity index (χ0n) is 9.30. The summed E-state index contributed by atoms with van der Waals surface area (Å²) in [6.07, 6.45) is 1.11. The summed E-state index contributed by atoms with van der Waals surface area (Å²) in [7, 11) is 1.59. The number of ketones is 1. The highest BCUT2D eigenvalue weighted by Crippen LogP contribution is 2.42. The lowest BCUT2D eigenvalue weighted by atomic mass is 10.0. The van der Waals surface area contributed by atoms with Crippen LogP contribution in [0.2, 0.25) is 5.02 Å². The van der Waals surface area contributed by atoms with Gasteiger partial charge in [-0.25, -0.2) is 0 Å². The molecule has 0 fully saturated rings. The van der Waals surface area contributed by atoms with Crippen LogP contribution in [0.25, 0.3) is 0 Å². The quantitative estimate of drug-likeness (QED) is 0.814. The Labute approximate surface area is 99.3 Å². The molecule has 0 radical (unpaired) electrons. The van der Waals surface area contributed by atoms with Gasteiger partial charge in [0.05, 0.1) is 18.7 Å². The summed E-state index contributed by atoms with van der Waals surface area (Å²) in [4.78, 5) is 11.1. The first kappa shape index (κ1) is 11.3. The molecule has 1 aliphatic heterocycles. The average Bonchev–Trinajstić information content (AvgIpc) is 2.70. The minimum absolute atomic E-state index is 0.0859. The molecule has 16 heavy (non-hydrogen) atoms. The number of benzene rings is 1. The van der Waals surface area contributed by atoms with Gasteiger partial charge in [0, 0.05) is 18.4 Å². The molecule has 0 aromatic heterocycles. The lowest BCUT2D eigenvalue weighted by Crippen LogP contribution is -2.00. The van der Waals surface area contributed by atoms with Crippen molar-refractivity contribution >= 4 is 17.4 Å². The van der Waals surface area contributed by atoms with E-state index in [0.29, 0.717) is 23.8 Å².